The van der Waals surface area contributed by atoms with Crippen molar-refractivity contribution in [2.24, 2.45) is 5.92 Å². The standard InChI is InChI=1S/C28H27F4N5O3/c1-16(2)15-40-37-26(39)22-14-36(25(38)21-9-4-18(13-33)12-23(21)29)11-10-24(22)35-27(37)34-17(3)19-5-7-20(8-6-19)28(30,31)32/h4-9,12,16-17H,10-11,14-15H2,1-3H3,(H,34,35). The number of amides is 1. The zero-order chi connectivity index (χ0) is 29.2. The molecule has 2 aromatic carbocycles. The fourth-order valence-corrected chi connectivity index (χ4v) is 4.23. The molecule has 0 aliphatic carbocycles. The first-order valence-electron chi connectivity index (χ1n) is 12.6. The van der Waals surface area contributed by atoms with E-state index in [1.807, 2.05) is 19.9 Å². The fraction of sp³-hybridized carbons (Fsp3) is 0.357. The number of nitrogens with one attached hydrogen (secondary N) is 1. The van der Waals surface area contributed by atoms with Crippen LogP contribution in [0.2, 0.25) is 0 Å². The average Bonchev–Trinajstić information content (AvgIpc) is 2.91. The number of halogens is 4. The summed E-state index contributed by atoms with van der Waals surface area (Å²) in [6, 6.07) is 9.52. The smallest absolute Gasteiger partial charge is 0.407 e. The Labute approximate surface area is 227 Å². The first kappa shape index (κ1) is 28.6. The monoisotopic (exact) mass is 557 g/mol. The highest BCUT2D eigenvalue weighted by molar-refractivity contribution is 5.94. The summed E-state index contributed by atoms with van der Waals surface area (Å²) >= 11 is 0. The highest BCUT2D eigenvalue weighted by Crippen LogP contribution is 2.30. The third kappa shape index (κ3) is 6.09. The largest absolute Gasteiger partial charge is 0.416 e. The van der Waals surface area contributed by atoms with Gasteiger partial charge < -0.3 is 15.1 Å². The Balaban J connectivity index is 1.63. The van der Waals surface area contributed by atoms with Crippen LogP contribution < -0.4 is 15.7 Å². The average molecular weight is 558 g/mol. The first-order valence-corrected chi connectivity index (χ1v) is 12.6. The third-order valence-electron chi connectivity index (χ3n) is 6.43. The fourth-order valence-electron chi connectivity index (χ4n) is 4.23. The van der Waals surface area contributed by atoms with Crippen molar-refractivity contribution in [3.05, 3.63) is 92.1 Å². The Hall–Kier alpha value is -4.40. The van der Waals surface area contributed by atoms with E-state index in [0.717, 1.165) is 22.9 Å². The van der Waals surface area contributed by atoms with Crippen molar-refractivity contribution in [2.45, 2.75) is 46.0 Å². The molecule has 12 heteroatoms. The zero-order valence-corrected chi connectivity index (χ0v) is 22.1. The number of alkyl halides is 3. The van der Waals surface area contributed by atoms with Gasteiger partial charge in [-0.25, -0.2) is 9.37 Å². The molecule has 1 N–H and O–H groups in total. The number of carbonyl (C=O) groups excluding carboxylic acids is 1. The van der Waals surface area contributed by atoms with Gasteiger partial charge in [-0.05, 0) is 48.7 Å². The second-order valence-corrected chi connectivity index (χ2v) is 9.92. The summed E-state index contributed by atoms with van der Waals surface area (Å²) in [5.74, 6) is -1.32. The minimum absolute atomic E-state index is 0.0561. The second kappa shape index (κ2) is 11.4. The lowest BCUT2D eigenvalue weighted by molar-refractivity contribution is -0.137. The van der Waals surface area contributed by atoms with Crippen molar-refractivity contribution in [2.75, 3.05) is 18.5 Å². The first-order chi connectivity index (χ1) is 18.9. The Morgan fingerprint density at radius 1 is 1.18 bits per heavy atom. The maximum Gasteiger partial charge on any atom is 0.416 e. The Bertz CT molecular complexity index is 1510. The number of nitriles is 1. The van der Waals surface area contributed by atoms with E-state index >= 15 is 0 Å². The van der Waals surface area contributed by atoms with E-state index in [-0.39, 0.29) is 54.7 Å². The van der Waals surface area contributed by atoms with Crippen LogP contribution in [0.3, 0.4) is 0 Å². The molecule has 1 aromatic heterocycles. The van der Waals surface area contributed by atoms with Crippen LogP contribution in [0.25, 0.3) is 0 Å². The van der Waals surface area contributed by atoms with E-state index in [9.17, 15) is 27.2 Å². The Morgan fingerprint density at radius 3 is 2.48 bits per heavy atom. The van der Waals surface area contributed by atoms with Gasteiger partial charge in [0, 0.05) is 13.0 Å². The van der Waals surface area contributed by atoms with Crippen LogP contribution in [0.4, 0.5) is 23.5 Å². The summed E-state index contributed by atoms with van der Waals surface area (Å²) in [5, 5.41) is 12.0. The van der Waals surface area contributed by atoms with Crippen molar-refractivity contribution in [1.82, 2.24) is 14.6 Å². The molecule has 210 valence electrons. The number of rotatable bonds is 7. The summed E-state index contributed by atoms with van der Waals surface area (Å²) in [6.07, 6.45) is -4.25. The predicted molar refractivity (Wildman–Crippen MR) is 138 cm³/mol. The van der Waals surface area contributed by atoms with Crippen LogP contribution in [-0.2, 0) is 19.1 Å². The number of carbonyl (C=O) groups is 1. The van der Waals surface area contributed by atoms with Crippen LogP contribution in [0.1, 0.15) is 65.1 Å². The van der Waals surface area contributed by atoms with Gasteiger partial charge in [0.1, 0.15) is 12.4 Å². The van der Waals surface area contributed by atoms with E-state index in [1.165, 1.54) is 29.2 Å². The third-order valence-corrected chi connectivity index (χ3v) is 6.43. The van der Waals surface area contributed by atoms with Gasteiger partial charge in [-0.15, -0.1) is 4.73 Å². The summed E-state index contributed by atoms with van der Waals surface area (Å²) < 4.78 is 54.4. The molecule has 1 amide bonds. The van der Waals surface area contributed by atoms with Crippen LogP contribution in [-0.4, -0.2) is 33.7 Å². The Morgan fingerprint density at radius 2 is 1.88 bits per heavy atom. The highest BCUT2D eigenvalue weighted by atomic mass is 19.4. The molecule has 1 atom stereocenters. The molecule has 8 nitrogen and oxygen atoms in total. The molecule has 2 heterocycles. The van der Waals surface area contributed by atoms with Crippen molar-refractivity contribution in [1.29, 1.82) is 5.26 Å². The number of benzene rings is 2. The zero-order valence-electron chi connectivity index (χ0n) is 22.1. The van der Waals surface area contributed by atoms with Crippen molar-refractivity contribution < 1.29 is 27.2 Å². The van der Waals surface area contributed by atoms with Gasteiger partial charge in [0.15, 0.2) is 0 Å². The van der Waals surface area contributed by atoms with Crippen molar-refractivity contribution >= 4 is 11.9 Å². The summed E-state index contributed by atoms with van der Waals surface area (Å²) in [7, 11) is 0. The molecule has 0 saturated carbocycles. The van der Waals surface area contributed by atoms with Crippen LogP contribution in [0.15, 0.2) is 47.3 Å². The minimum atomic E-state index is -4.46. The minimum Gasteiger partial charge on any atom is -0.407 e. The van der Waals surface area contributed by atoms with Crippen LogP contribution in [0.5, 0.6) is 0 Å². The second-order valence-electron chi connectivity index (χ2n) is 9.92. The lowest BCUT2D eigenvalue weighted by Gasteiger charge is -2.29. The van der Waals surface area contributed by atoms with Crippen molar-refractivity contribution in [3.8, 4) is 6.07 Å². The SMILES string of the molecule is CC(C)COn1c(NC(C)c2ccc(C(F)(F)F)cc2)nc2c(c1=O)CN(C(=O)c1ccc(C#N)cc1F)CC2. The molecule has 0 fully saturated rings. The number of anilines is 1. The maximum atomic E-state index is 14.5. The molecular weight excluding hydrogens is 530 g/mol. The lowest BCUT2D eigenvalue weighted by Crippen LogP contribution is -2.43. The summed E-state index contributed by atoms with van der Waals surface area (Å²) in [5.41, 5.74) is -0.269. The van der Waals surface area contributed by atoms with Crippen LogP contribution in [0, 0.1) is 23.1 Å². The van der Waals surface area contributed by atoms with Crippen molar-refractivity contribution in [3.63, 3.8) is 0 Å². The maximum absolute atomic E-state index is 14.5. The molecule has 40 heavy (non-hydrogen) atoms. The van der Waals surface area contributed by atoms with Gasteiger partial charge in [0.25, 0.3) is 11.5 Å². The van der Waals surface area contributed by atoms with E-state index in [4.69, 9.17) is 10.1 Å². The molecular formula is C28H27F4N5O3. The number of hydrogen-bond acceptors (Lipinski definition) is 6. The molecule has 4 rings (SSSR count). The molecule has 0 saturated heterocycles. The molecule has 0 bridgehead atoms. The van der Waals surface area contributed by atoms with E-state index in [1.54, 1.807) is 6.92 Å². The van der Waals surface area contributed by atoms with E-state index < -0.39 is 35.1 Å². The van der Waals surface area contributed by atoms with Gasteiger partial charge in [0.2, 0.25) is 5.95 Å². The van der Waals surface area contributed by atoms with E-state index in [2.05, 4.69) is 10.3 Å². The van der Waals surface area contributed by atoms with E-state index in [0.29, 0.717) is 11.3 Å². The summed E-state index contributed by atoms with van der Waals surface area (Å²) in [4.78, 5) is 38.3. The predicted octanol–water partition coefficient (Wildman–Crippen LogP) is 4.73. The number of aromatic nitrogens is 2. The van der Waals surface area contributed by atoms with Crippen LogP contribution >= 0.6 is 0 Å². The van der Waals surface area contributed by atoms with Gasteiger partial charge in [-0.1, -0.05) is 26.0 Å². The van der Waals surface area contributed by atoms with Gasteiger partial charge in [-0.3, -0.25) is 9.59 Å². The molecule has 0 spiro atoms. The quantitative estimate of drug-likeness (QED) is 0.422. The molecule has 1 unspecified atom stereocenters. The molecule has 3 aromatic rings. The lowest BCUT2D eigenvalue weighted by atomic mass is 10.0. The number of fused-ring (bicyclic) bond motifs is 1. The number of hydrogen-bond donors (Lipinski definition) is 1. The molecule has 1 aliphatic heterocycles. The topological polar surface area (TPSA) is 100 Å². The normalized spacial score (nSPS) is 13.9. The molecule has 1 aliphatic rings. The van der Waals surface area contributed by atoms with Gasteiger partial charge in [0.05, 0.1) is 46.6 Å². The molecule has 0 radical (unpaired) electrons. The highest BCUT2D eigenvalue weighted by Gasteiger charge is 2.31. The van der Waals surface area contributed by atoms with Gasteiger partial charge in [-0.2, -0.15) is 18.4 Å². The van der Waals surface area contributed by atoms with Gasteiger partial charge >= 0.3 is 6.18 Å². The summed E-state index contributed by atoms with van der Waals surface area (Å²) in [6.45, 7) is 5.71. The Kier molecular flexibility index (Phi) is 8.13. The number of nitrogens with zero attached hydrogens (tertiary/aromatic N) is 4.